The maximum atomic E-state index is 11.8. The number of carboxylic acid groups (broad SMARTS) is 1. The largest absolute Gasteiger partial charge is 0.497 e. The van der Waals surface area contributed by atoms with Gasteiger partial charge in [0.25, 0.3) is 0 Å². The lowest BCUT2D eigenvalue weighted by Gasteiger charge is -2.38. The molecule has 3 rings (SSSR count). The van der Waals surface area contributed by atoms with Crippen LogP contribution in [0, 0.1) is 0 Å². The normalized spacial score (nSPS) is 16.8. The van der Waals surface area contributed by atoms with Crippen molar-refractivity contribution in [1.29, 1.82) is 0 Å². The number of benzene rings is 1. The average Bonchev–Trinajstić information content (AvgIpc) is 3.02. The van der Waals surface area contributed by atoms with Crippen LogP contribution in [0.2, 0.25) is 0 Å². The van der Waals surface area contributed by atoms with Crippen molar-refractivity contribution in [3.8, 4) is 5.75 Å². The van der Waals surface area contributed by atoms with Crippen molar-refractivity contribution < 1.29 is 14.6 Å². The Bertz CT molecular complexity index is 709. The maximum Gasteiger partial charge on any atom is 0.325 e. The van der Waals surface area contributed by atoms with E-state index >= 15 is 0 Å². The molecule has 1 atom stereocenters. The van der Waals surface area contributed by atoms with E-state index in [1.54, 1.807) is 19.5 Å². The predicted molar refractivity (Wildman–Crippen MR) is 88.2 cm³/mol. The van der Waals surface area contributed by atoms with Gasteiger partial charge in [-0.3, -0.25) is 9.69 Å². The molecule has 1 aliphatic heterocycles. The third kappa shape index (κ3) is 3.18. The number of anilines is 1. The van der Waals surface area contributed by atoms with E-state index in [1.165, 1.54) is 0 Å². The van der Waals surface area contributed by atoms with Crippen molar-refractivity contribution in [3.05, 3.63) is 36.2 Å². The quantitative estimate of drug-likeness (QED) is 0.866. The van der Waals surface area contributed by atoms with Crippen LogP contribution >= 0.6 is 0 Å². The Morgan fingerprint density at radius 1 is 1.29 bits per heavy atom. The Labute approximate surface area is 140 Å². The number of aromatic nitrogens is 3. The molecular weight excluding hydrogens is 310 g/mol. The van der Waals surface area contributed by atoms with Crippen molar-refractivity contribution in [2.24, 2.45) is 7.05 Å². The molecule has 1 aromatic heterocycles. The smallest absolute Gasteiger partial charge is 0.325 e. The van der Waals surface area contributed by atoms with Crippen molar-refractivity contribution in [1.82, 2.24) is 19.7 Å². The van der Waals surface area contributed by atoms with E-state index in [0.29, 0.717) is 31.9 Å². The fraction of sp³-hybridized carbons (Fsp3) is 0.438. The second kappa shape index (κ2) is 6.88. The van der Waals surface area contributed by atoms with Crippen molar-refractivity contribution >= 4 is 11.9 Å². The summed E-state index contributed by atoms with van der Waals surface area (Å²) >= 11 is 0. The van der Waals surface area contributed by atoms with E-state index in [9.17, 15) is 9.90 Å². The first kappa shape index (κ1) is 16.3. The minimum Gasteiger partial charge on any atom is -0.497 e. The lowest BCUT2D eigenvalue weighted by atomic mass is 10.0. The number of aliphatic carboxylic acids is 1. The summed E-state index contributed by atoms with van der Waals surface area (Å²) in [5, 5.41) is 17.7. The molecule has 24 heavy (non-hydrogen) atoms. The van der Waals surface area contributed by atoms with Gasteiger partial charge in [0, 0.05) is 33.2 Å². The molecule has 1 fully saturated rings. The summed E-state index contributed by atoms with van der Waals surface area (Å²) < 4.78 is 7.08. The van der Waals surface area contributed by atoms with E-state index in [4.69, 9.17) is 4.74 Å². The zero-order valence-electron chi connectivity index (χ0n) is 13.8. The van der Waals surface area contributed by atoms with Gasteiger partial charge in [-0.1, -0.05) is 12.1 Å². The fourth-order valence-corrected chi connectivity index (χ4v) is 3.06. The van der Waals surface area contributed by atoms with Crippen LogP contribution in [0.4, 0.5) is 5.95 Å². The van der Waals surface area contributed by atoms with Crippen LogP contribution in [0.1, 0.15) is 11.6 Å². The number of ether oxygens (including phenoxy) is 1. The Balaban J connectivity index is 1.74. The van der Waals surface area contributed by atoms with Gasteiger partial charge in [0.1, 0.15) is 18.1 Å². The van der Waals surface area contributed by atoms with Crippen LogP contribution < -0.4 is 9.64 Å². The summed E-state index contributed by atoms with van der Waals surface area (Å²) in [7, 11) is 3.48. The maximum absolute atomic E-state index is 11.8. The molecule has 1 aromatic carbocycles. The molecule has 2 aromatic rings. The molecule has 1 N–H and O–H groups in total. The van der Waals surface area contributed by atoms with Crippen LogP contribution in [0.5, 0.6) is 5.75 Å². The van der Waals surface area contributed by atoms with E-state index in [2.05, 4.69) is 15.1 Å². The number of piperazine rings is 1. The molecule has 2 heterocycles. The second-order valence-electron chi connectivity index (χ2n) is 5.78. The molecule has 0 bridgehead atoms. The highest BCUT2D eigenvalue weighted by Gasteiger charge is 2.31. The Hall–Kier alpha value is -2.61. The van der Waals surface area contributed by atoms with Crippen LogP contribution in [-0.2, 0) is 11.8 Å². The number of aryl methyl sites for hydroxylation is 1. The average molecular weight is 331 g/mol. The third-order valence-electron chi connectivity index (χ3n) is 4.29. The molecule has 8 nitrogen and oxygen atoms in total. The molecule has 0 amide bonds. The van der Waals surface area contributed by atoms with Crippen LogP contribution in [0.3, 0.4) is 0 Å². The first-order chi connectivity index (χ1) is 11.6. The number of methoxy groups -OCH3 is 1. The Kier molecular flexibility index (Phi) is 4.66. The lowest BCUT2D eigenvalue weighted by Crippen LogP contribution is -2.50. The monoisotopic (exact) mass is 331 g/mol. The van der Waals surface area contributed by atoms with E-state index in [1.807, 2.05) is 34.7 Å². The van der Waals surface area contributed by atoms with Gasteiger partial charge in [0.15, 0.2) is 0 Å². The number of nitrogens with zero attached hydrogens (tertiary/aromatic N) is 5. The summed E-state index contributed by atoms with van der Waals surface area (Å²) in [4.78, 5) is 15.9. The predicted octanol–water partition coefficient (Wildman–Crippen LogP) is 0.772. The summed E-state index contributed by atoms with van der Waals surface area (Å²) in [6, 6.07) is 6.57. The summed E-state index contributed by atoms with van der Waals surface area (Å²) in [6.07, 6.45) is 1.66. The molecule has 1 aliphatic rings. The Morgan fingerprint density at radius 2 is 2.04 bits per heavy atom. The van der Waals surface area contributed by atoms with Crippen LogP contribution in [0.25, 0.3) is 0 Å². The first-order valence-electron chi connectivity index (χ1n) is 7.80. The third-order valence-corrected chi connectivity index (χ3v) is 4.29. The topological polar surface area (TPSA) is 83.7 Å². The molecule has 0 spiro atoms. The number of carbonyl (C=O) groups is 1. The molecule has 8 heteroatoms. The van der Waals surface area contributed by atoms with Gasteiger partial charge in [0.2, 0.25) is 5.95 Å². The van der Waals surface area contributed by atoms with Gasteiger partial charge in [-0.2, -0.15) is 0 Å². The van der Waals surface area contributed by atoms with Crippen molar-refractivity contribution in [2.45, 2.75) is 6.04 Å². The molecule has 1 unspecified atom stereocenters. The summed E-state index contributed by atoms with van der Waals surface area (Å²) in [6.45, 7) is 2.70. The standard InChI is InChI=1S/C16H21N5O3/c1-19-11-17-18-16(19)21-8-6-20(7-9-21)14(15(22)23)12-4-3-5-13(10-12)24-2/h3-5,10-11,14H,6-9H2,1-2H3,(H,22,23). The number of rotatable bonds is 5. The summed E-state index contributed by atoms with van der Waals surface area (Å²) in [5.74, 6) is 0.620. The lowest BCUT2D eigenvalue weighted by molar-refractivity contribution is -0.143. The van der Waals surface area contributed by atoms with Gasteiger partial charge in [-0.15, -0.1) is 10.2 Å². The molecule has 0 saturated carbocycles. The van der Waals surface area contributed by atoms with Gasteiger partial charge in [-0.05, 0) is 17.7 Å². The van der Waals surface area contributed by atoms with Gasteiger partial charge >= 0.3 is 5.97 Å². The fourth-order valence-electron chi connectivity index (χ4n) is 3.06. The molecule has 1 saturated heterocycles. The minimum absolute atomic E-state index is 0.640. The molecular formula is C16H21N5O3. The van der Waals surface area contributed by atoms with Crippen LogP contribution in [-0.4, -0.2) is 64.0 Å². The van der Waals surface area contributed by atoms with Gasteiger partial charge in [0.05, 0.1) is 7.11 Å². The van der Waals surface area contributed by atoms with E-state index in [0.717, 1.165) is 11.5 Å². The molecule has 128 valence electrons. The molecule has 0 aliphatic carbocycles. The highest BCUT2D eigenvalue weighted by molar-refractivity contribution is 5.75. The Morgan fingerprint density at radius 3 is 2.62 bits per heavy atom. The van der Waals surface area contributed by atoms with Crippen molar-refractivity contribution in [2.75, 3.05) is 38.2 Å². The minimum atomic E-state index is -0.852. The van der Waals surface area contributed by atoms with E-state index < -0.39 is 12.0 Å². The van der Waals surface area contributed by atoms with E-state index in [-0.39, 0.29) is 0 Å². The highest BCUT2D eigenvalue weighted by atomic mass is 16.5. The van der Waals surface area contributed by atoms with Gasteiger partial charge < -0.3 is 19.3 Å². The summed E-state index contributed by atoms with van der Waals surface area (Å²) in [5.41, 5.74) is 0.731. The van der Waals surface area contributed by atoms with Gasteiger partial charge in [-0.25, -0.2) is 0 Å². The van der Waals surface area contributed by atoms with Crippen LogP contribution in [0.15, 0.2) is 30.6 Å². The zero-order chi connectivity index (χ0) is 17.1. The zero-order valence-corrected chi connectivity index (χ0v) is 13.8. The first-order valence-corrected chi connectivity index (χ1v) is 7.80. The molecule has 0 radical (unpaired) electrons. The number of hydrogen-bond acceptors (Lipinski definition) is 6. The second-order valence-corrected chi connectivity index (χ2v) is 5.78. The van der Waals surface area contributed by atoms with Crippen molar-refractivity contribution in [3.63, 3.8) is 0 Å². The SMILES string of the molecule is COc1cccc(C(C(=O)O)N2CCN(c3nncn3C)CC2)c1. The highest BCUT2D eigenvalue weighted by Crippen LogP contribution is 2.26. The number of hydrogen-bond donors (Lipinski definition) is 1. The number of carboxylic acids is 1.